The number of nitrogens with one attached hydrogen (secondary N) is 1. The fourth-order valence-corrected chi connectivity index (χ4v) is 3.33. The number of methoxy groups -OCH3 is 1. The van der Waals surface area contributed by atoms with Crippen molar-refractivity contribution < 1.29 is 9.53 Å². The van der Waals surface area contributed by atoms with E-state index in [1.807, 2.05) is 30.3 Å². The highest BCUT2D eigenvalue weighted by atomic mass is 16.5. The van der Waals surface area contributed by atoms with Crippen LogP contribution >= 0.6 is 0 Å². The zero-order valence-electron chi connectivity index (χ0n) is 15.7. The zero-order valence-corrected chi connectivity index (χ0v) is 15.7. The maximum Gasteiger partial charge on any atom is 0.261 e. The normalized spacial score (nSPS) is 11.7. The molecule has 0 aliphatic carbocycles. The van der Waals surface area contributed by atoms with Crippen molar-refractivity contribution in [3.05, 3.63) is 53.6 Å². The number of para-hydroxylation sites is 1. The van der Waals surface area contributed by atoms with Crippen LogP contribution in [0.15, 0.2) is 48.0 Å². The molecule has 0 bridgehead atoms. The molecule has 27 heavy (non-hydrogen) atoms. The predicted octanol–water partition coefficient (Wildman–Crippen LogP) is 3.87. The maximum atomic E-state index is 12.2. The first-order chi connectivity index (χ1) is 13.2. The number of ether oxygens (including phenoxy) is 1. The monoisotopic (exact) mass is 361 g/mol. The lowest BCUT2D eigenvalue weighted by molar-refractivity contribution is -0.117. The molecule has 0 saturated heterocycles. The van der Waals surface area contributed by atoms with Crippen molar-refractivity contribution in [2.24, 2.45) is 0 Å². The average Bonchev–Trinajstić information content (AvgIpc) is 3.02. The summed E-state index contributed by atoms with van der Waals surface area (Å²) in [6.07, 6.45) is 2.35. The molecule has 0 radical (unpaired) electrons. The number of hydrogen-bond acceptors (Lipinski definition) is 3. The van der Waals surface area contributed by atoms with Crippen LogP contribution in [0, 0.1) is 11.3 Å². The minimum Gasteiger partial charge on any atom is -0.385 e. The molecule has 0 aliphatic heterocycles. The van der Waals surface area contributed by atoms with Crippen LogP contribution in [-0.4, -0.2) is 30.7 Å². The van der Waals surface area contributed by atoms with Gasteiger partial charge in [0.15, 0.2) is 0 Å². The summed E-state index contributed by atoms with van der Waals surface area (Å²) in [6.45, 7) is 4.06. The van der Waals surface area contributed by atoms with Crippen molar-refractivity contribution >= 4 is 33.8 Å². The van der Waals surface area contributed by atoms with Crippen LogP contribution in [0.3, 0.4) is 0 Å². The fourth-order valence-electron chi connectivity index (χ4n) is 3.33. The van der Waals surface area contributed by atoms with Gasteiger partial charge in [0, 0.05) is 48.6 Å². The van der Waals surface area contributed by atoms with E-state index in [1.54, 1.807) is 13.2 Å². The predicted molar refractivity (Wildman–Crippen MR) is 108 cm³/mol. The quantitative estimate of drug-likeness (QED) is 0.395. The van der Waals surface area contributed by atoms with Crippen LogP contribution in [0.4, 0.5) is 0 Å². The van der Waals surface area contributed by atoms with Gasteiger partial charge < -0.3 is 14.6 Å². The minimum atomic E-state index is -0.357. The van der Waals surface area contributed by atoms with Crippen molar-refractivity contribution in [3.63, 3.8) is 0 Å². The van der Waals surface area contributed by atoms with Crippen molar-refractivity contribution in [1.82, 2.24) is 9.88 Å². The SMILES string of the molecule is CCn1c2ccccc2c2cc(/C=C(\C#N)C(=O)NCCCOC)ccc21. The number of aryl methyl sites for hydroxylation is 1. The molecule has 1 amide bonds. The van der Waals surface area contributed by atoms with E-state index in [4.69, 9.17) is 4.74 Å². The first kappa shape index (κ1) is 18.7. The Morgan fingerprint density at radius 3 is 2.74 bits per heavy atom. The maximum absolute atomic E-state index is 12.2. The molecule has 0 saturated carbocycles. The highest BCUT2D eigenvalue weighted by molar-refractivity contribution is 6.09. The Morgan fingerprint density at radius 1 is 1.22 bits per heavy atom. The fraction of sp³-hybridized carbons (Fsp3) is 0.273. The second kappa shape index (κ2) is 8.52. The molecule has 0 atom stereocenters. The number of amides is 1. The van der Waals surface area contributed by atoms with Crippen LogP contribution in [0.2, 0.25) is 0 Å². The summed E-state index contributed by atoms with van der Waals surface area (Å²) in [7, 11) is 1.62. The second-order valence-electron chi connectivity index (χ2n) is 6.31. The lowest BCUT2D eigenvalue weighted by Gasteiger charge is -2.04. The Hall–Kier alpha value is -3.10. The van der Waals surface area contributed by atoms with Gasteiger partial charge in [-0.2, -0.15) is 5.26 Å². The van der Waals surface area contributed by atoms with Crippen molar-refractivity contribution in [3.8, 4) is 6.07 Å². The Bertz CT molecular complexity index is 1040. The number of aromatic nitrogens is 1. The van der Waals surface area contributed by atoms with E-state index in [0.29, 0.717) is 19.6 Å². The molecule has 1 N–H and O–H groups in total. The van der Waals surface area contributed by atoms with E-state index >= 15 is 0 Å². The third-order valence-corrected chi connectivity index (χ3v) is 4.60. The highest BCUT2D eigenvalue weighted by Gasteiger charge is 2.11. The molecular formula is C22H23N3O2. The van der Waals surface area contributed by atoms with Gasteiger partial charge in [-0.15, -0.1) is 0 Å². The number of nitriles is 1. The molecule has 5 heteroatoms. The number of rotatable bonds is 7. The van der Waals surface area contributed by atoms with Gasteiger partial charge in [-0.05, 0) is 43.2 Å². The van der Waals surface area contributed by atoms with Gasteiger partial charge in [-0.3, -0.25) is 4.79 Å². The van der Waals surface area contributed by atoms with E-state index in [0.717, 1.165) is 23.0 Å². The Balaban J connectivity index is 1.94. The van der Waals surface area contributed by atoms with Gasteiger partial charge in [0.25, 0.3) is 5.91 Å². The first-order valence-electron chi connectivity index (χ1n) is 9.09. The van der Waals surface area contributed by atoms with Gasteiger partial charge in [0.1, 0.15) is 11.6 Å². The summed E-state index contributed by atoms with van der Waals surface area (Å²) < 4.78 is 7.23. The molecule has 3 aromatic rings. The molecule has 138 valence electrons. The van der Waals surface area contributed by atoms with Crippen LogP contribution in [0.25, 0.3) is 27.9 Å². The number of carbonyl (C=O) groups is 1. The summed E-state index contributed by atoms with van der Waals surface area (Å²) in [6, 6.07) is 16.3. The lowest BCUT2D eigenvalue weighted by Crippen LogP contribution is -2.26. The average molecular weight is 361 g/mol. The van der Waals surface area contributed by atoms with Crippen molar-refractivity contribution in [2.45, 2.75) is 19.9 Å². The molecule has 0 fully saturated rings. The number of carbonyl (C=O) groups excluding carboxylic acids is 1. The van der Waals surface area contributed by atoms with Gasteiger partial charge in [0.05, 0.1) is 0 Å². The smallest absolute Gasteiger partial charge is 0.261 e. The van der Waals surface area contributed by atoms with Gasteiger partial charge in [-0.25, -0.2) is 0 Å². The first-order valence-corrected chi connectivity index (χ1v) is 9.09. The number of benzene rings is 2. The molecule has 5 nitrogen and oxygen atoms in total. The number of nitrogens with zero attached hydrogens (tertiary/aromatic N) is 2. The summed E-state index contributed by atoms with van der Waals surface area (Å²) in [4.78, 5) is 12.2. The second-order valence-corrected chi connectivity index (χ2v) is 6.31. The Kier molecular flexibility index (Phi) is 5.90. The van der Waals surface area contributed by atoms with Crippen molar-refractivity contribution in [1.29, 1.82) is 5.26 Å². The minimum absolute atomic E-state index is 0.103. The lowest BCUT2D eigenvalue weighted by atomic mass is 10.1. The summed E-state index contributed by atoms with van der Waals surface area (Å²) in [5, 5.41) is 14.4. The molecular weight excluding hydrogens is 338 g/mol. The van der Waals surface area contributed by atoms with E-state index < -0.39 is 0 Å². The molecule has 2 aromatic carbocycles. The van der Waals surface area contributed by atoms with E-state index in [-0.39, 0.29) is 11.5 Å². The summed E-state index contributed by atoms with van der Waals surface area (Å²) in [5.41, 5.74) is 3.28. The molecule has 1 aromatic heterocycles. The van der Waals surface area contributed by atoms with Crippen LogP contribution in [-0.2, 0) is 16.1 Å². The Morgan fingerprint density at radius 2 is 2.00 bits per heavy atom. The standard InChI is InChI=1S/C22H23N3O2/c1-3-25-20-8-5-4-7-18(20)19-14-16(9-10-21(19)25)13-17(15-23)22(26)24-11-6-12-27-2/h4-5,7-10,13-14H,3,6,11-12H2,1-2H3,(H,24,26)/b17-13+. The molecule has 0 aliphatic rings. The molecule has 3 rings (SSSR count). The third kappa shape index (κ3) is 3.86. The molecule has 1 heterocycles. The topological polar surface area (TPSA) is 67.0 Å². The zero-order chi connectivity index (χ0) is 19.2. The number of hydrogen-bond donors (Lipinski definition) is 1. The summed E-state index contributed by atoms with van der Waals surface area (Å²) >= 11 is 0. The summed E-state index contributed by atoms with van der Waals surface area (Å²) in [5.74, 6) is -0.357. The number of fused-ring (bicyclic) bond motifs is 3. The van der Waals surface area contributed by atoms with E-state index in [2.05, 4.69) is 35.0 Å². The van der Waals surface area contributed by atoms with Crippen LogP contribution < -0.4 is 5.32 Å². The van der Waals surface area contributed by atoms with Gasteiger partial charge in [-0.1, -0.05) is 24.3 Å². The van der Waals surface area contributed by atoms with Crippen LogP contribution in [0.5, 0.6) is 0 Å². The van der Waals surface area contributed by atoms with Gasteiger partial charge in [0.2, 0.25) is 0 Å². The van der Waals surface area contributed by atoms with Crippen molar-refractivity contribution in [2.75, 3.05) is 20.3 Å². The molecule has 0 unspecified atom stereocenters. The molecule has 0 spiro atoms. The highest BCUT2D eigenvalue weighted by Crippen LogP contribution is 2.30. The van der Waals surface area contributed by atoms with Gasteiger partial charge >= 0.3 is 0 Å². The Labute approximate surface area is 158 Å². The largest absolute Gasteiger partial charge is 0.385 e. The van der Waals surface area contributed by atoms with E-state index in [1.165, 1.54) is 10.9 Å². The van der Waals surface area contributed by atoms with Crippen LogP contribution in [0.1, 0.15) is 18.9 Å². The van der Waals surface area contributed by atoms with E-state index in [9.17, 15) is 10.1 Å². The third-order valence-electron chi connectivity index (χ3n) is 4.60.